The molecular formula is C22H24N2O3. The second kappa shape index (κ2) is 9.03. The molecule has 1 heterocycles. The van der Waals surface area contributed by atoms with E-state index in [0.717, 1.165) is 23.7 Å². The normalized spacial score (nSPS) is 10.6. The molecular weight excluding hydrogens is 340 g/mol. The molecule has 0 atom stereocenters. The highest BCUT2D eigenvalue weighted by Crippen LogP contribution is 2.31. The molecule has 0 bridgehead atoms. The van der Waals surface area contributed by atoms with Crippen LogP contribution in [0, 0.1) is 0 Å². The monoisotopic (exact) mass is 364 g/mol. The van der Waals surface area contributed by atoms with Crippen molar-refractivity contribution in [1.82, 2.24) is 4.98 Å². The molecule has 1 N–H and O–H groups in total. The van der Waals surface area contributed by atoms with Gasteiger partial charge in [-0.2, -0.15) is 0 Å². The highest BCUT2D eigenvalue weighted by atomic mass is 16.5. The van der Waals surface area contributed by atoms with Crippen LogP contribution in [0.25, 0.3) is 10.9 Å². The number of unbranched alkanes of at least 4 members (excludes halogenated alkanes) is 1. The van der Waals surface area contributed by atoms with Crippen molar-refractivity contribution < 1.29 is 14.3 Å². The van der Waals surface area contributed by atoms with E-state index in [0.29, 0.717) is 36.0 Å². The van der Waals surface area contributed by atoms with E-state index in [9.17, 15) is 4.79 Å². The van der Waals surface area contributed by atoms with E-state index in [2.05, 4.69) is 17.2 Å². The molecule has 0 saturated heterocycles. The minimum absolute atomic E-state index is 0.212. The summed E-state index contributed by atoms with van der Waals surface area (Å²) < 4.78 is 11.4. The average Bonchev–Trinajstić information content (AvgIpc) is 2.70. The lowest BCUT2D eigenvalue weighted by Gasteiger charge is -2.14. The topological polar surface area (TPSA) is 60.5 Å². The van der Waals surface area contributed by atoms with Gasteiger partial charge in [0.15, 0.2) is 0 Å². The molecule has 0 radical (unpaired) electrons. The molecule has 2 aromatic carbocycles. The molecule has 5 heteroatoms. The first kappa shape index (κ1) is 18.7. The van der Waals surface area contributed by atoms with Crippen molar-refractivity contribution in [2.75, 3.05) is 18.5 Å². The highest BCUT2D eigenvalue weighted by Gasteiger charge is 2.15. The first-order valence-corrected chi connectivity index (χ1v) is 9.28. The Kier molecular flexibility index (Phi) is 6.26. The number of ether oxygens (including phenoxy) is 2. The molecule has 0 aliphatic rings. The maximum atomic E-state index is 12.9. The molecule has 140 valence electrons. The van der Waals surface area contributed by atoms with E-state index in [1.165, 1.54) is 0 Å². The fraction of sp³-hybridized carbons (Fsp3) is 0.273. The van der Waals surface area contributed by atoms with E-state index >= 15 is 0 Å². The van der Waals surface area contributed by atoms with Crippen LogP contribution in [0.2, 0.25) is 0 Å². The summed E-state index contributed by atoms with van der Waals surface area (Å²) in [6.45, 7) is 5.18. The molecule has 0 fully saturated rings. The number of aromatic nitrogens is 1. The van der Waals surface area contributed by atoms with Crippen molar-refractivity contribution in [3.8, 4) is 11.5 Å². The van der Waals surface area contributed by atoms with E-state index in [1.807, 2.05) is 49.4 Å². The summed E-state index contributed by atoms with van der Waals surface area (Å²) in [5.41, 5.74) is 1.93. The molecule has 0 aliphatic carbocycles. The third-order valence-corrected chi connectivity index (χ3v) is 4.17. The fourth-order valence-corrected chi connectivity index (χ4v) is 2.82. The number of amides is 1. The fourth-order valence-electron chi connectivity index (χ4n) is 2.82. The van der Waals surface area contributed by atoms with E-state index in [-0.39, 0.29) is 5.91 Å². The minimum Gasteiger partial charge on any atom is -0.493 e. The lowest BCUT2D eigenvalue weighted by Crippen LogP contribution is -2.14. The van der Waals surface area contributed by atoms with Crippen molar-refractivity contribution in [2.24, 2.45) is 0 Å². The Morgan fingerprint density at radius 2 is 1.85 bits per heavy atom. The summed E-state index contributed by atoms with van der Waals surface area (Å²) >= 11 is 0. The van der Waals surface area contributed by atoms with Gasteiger partial charge in [0, 0.05) is 11.6 Å². The van der Waals surface area contributed by atoms with Crippen LogP contribution in [0.1, 0.15) is 37.0 Å². The van der Waals surface area contributed by atoms with Gasteiger partial charge in [-0.1, -0.05) is 25.5 Å². The molecule has 1 amide bonds. The maximum Gasteiger partial charge on any atom is 0.259 e. The highest BCUT2D eigenvalue weighted by molar-refractivity contribution is 6.10. The van der Waals surface area contributed by atoms with Crippen LogP contribution in [0.3, 0.4) is 0 Å². The molecule has 0 unspecified atom stereocenters. The van der Waals surface area contributed by atoms with Gasteiger partial charge in [-0.15, -0.1) is 0 Å². The molecule has 27 heavy (non-hydrogen) atoms. The van der Waals surface area contributed by atoms with E-state index in [4.69, 9.17) is 9.47 Å². The Balaban J connectivity index is 1.88. The van der Waals surface area contributed by atoms with Crippen LogP contribution in [0.4, 0.5) is 5.69 Å². The van der Waals surface area contributed by atoms with Crippen LogP contribution in [0.15, 0.2) is 54.7 Å². The Bertz CT molecular complexity index is 924. The van der Waals surface area contributed by atoms with Gasteiger partial charge in [0.2, 0.25) is 0 Å². The number of benzene rings is 2. The number of pyridine rings is 1. The van der Waals surface area contributed by atoms with Crippen LogP contribution in [-0.2, 0) is 0 Å². The van der Waals surface area contributed by atoms with Gasteiger partial charge in [0.25, 0.3) is 5.91 Å². The Morgan fingerprint density at radius 3 is 2.67 bits per heavy atom. The van der Waals surface area contributed by atoms with Crippen molar-refractivity contribution >= 4 is 22.5 Å². The van der Waals surface area contributed by atoms with Crippen molar-refractivity contribution in [3.63, 3.8) is 0 Å². The van der Waals surface area contributed by atoms with Crippen LogP contribution < -0.4 is 14.8 Å². The number of carbonyl (C=O) groups is 1. The summed E-state index contributed by atoms with van der Waals surface area (Å²) in [5, 5.41) is 3.82. The molecule has 0 spiro atoms. The number of hydrogen-bond donors (Lipinski definition) is 1. The van der Waals surface area contributed by atoms with Crippen molar-refractivity contribution in [3.05, 3.63) is 60.3 Å². The second-order valence-corrected chi connectivity index (χ2v) is 6.10. The van der Waals surface area contributed by atoms with Gasteiger partial charge >= 0.3 is 0 Å². The number of carbonyl (C=O) groups excluding carboxylic acids is 1. The number of nitrogens with zero attached hydrogens (tertiary/aromatic N) is 1. The first-order chi connectivity index (χ1) is 13.2. The molecule has 5 nitrogen and oxygen atoms in total. The number of para-hydroxylation sites is 1. The molecule has 3 aromatic rings. The van der Waals surface area contributed by atoms with Crippen molar-refractivity contribution in [1.29, 1.82) is 0 Å². The van der Waals surface area contributed by atoms with E-state index in [1.54, 1.807) is 12.3 Å². The number of hydrogen-bond acceptors (Lipinski definition) is 4. The molecule has 3 rings (SSSR count). The third kappa shape index (κ3) is 4.37. The molecule has 1 aromatic heterocycles. The summed E-state index contributed by atoms with van der Waals surface area (Å²) in [6, 6.07) is 14.7. The SMILES string of the molecule is CCCCOc1ccccc1C(=O)Nc1ccc(OCC)c2ncccc12. The predicted molar refractivity (Wildman–Crippen MR) is 108 cm³/mol. The first-order valence-electron chi connectivity index (χ1n) is 9.28. The number of rotatable bonds is 8. The van der Waals surface area contributed by atoms with Gasteiger partial charge in [-0.05, 0) is 49.7 Å². The second-order valence-electron chi connectivity index (χ2n) is 6.10. The quantitative estimate of drug-likeness (QED) is 0.567. The Hall–Kier alpha value is -3.08. The summed E-state index contributed by atoms with van der Waals surface area (Å²) in [4.78, 5) is 17.3. The lowest BCUT2D eigenvalue weighted by atomic mass is 10.1. The zero-order valence-corrected chi connectivity index (χ0v) is 15.7. The Labute approximate surface area is 159 Å². The largest absolute Gasteiger partial charge is 0.493 e. The lowest BCUT2D eigenvalue weighted by molar-refractivity contribution is 0.102. The predicted octanol–water partition coefficient (Wildman–Crippen LogP) is 5.06. The van der Waals surface area contributed by atoms with Crippen LogP contribution >= 0.6 is 0 Å². The van der Waals surface area contributed by atoms with Gasteiger partial charge in [-0.25, -0.2) is 0 Å². The molecule has 0 aliphatic heterocycles. The number of nitrogens with one attached hydrogen (secondary N) is 1. The third-order valence-electron chi connectivity index (χ3n) is 4.17. The Morgan fingerprint density at radius 1 is 1.00 bits per heavy atom. The summed E-state index contributed by atoms with van der Waals surface area (Å²) in [5.74, 6) is 1.09. The van der Waals surface area contributed by atoms with Gasteiger partial charge in [-0.3, -0.25) is 9.78 Å². The van der Waals surface area contributed by atoms with Crippen LogP contribution in [-0.4, -0.2) is 24.1 Å². The minimum atomic E-state index is -0.212. The van der Waals surface area contributed by atoms with Crippen molar-refractivity contribution in [2.45, 2.75) is 26.7 Å². The van der Waals surface area contributed by atoms with Gasteiger partial charge < -0.3 is 14.8 Å². The zero-order chi connectivity index (χ0) is 19.1. The van der Waals surface area contributed by atoms with Crippen LogP contribution in [0.5, 0.6) is 11.5 Å². The standard InChI is InChI=1S/C22H24N2O3/c1-3-5-15-27-19-11-7-6-9-17(19)22(25)24-18-12-13-20(26-4-2)21-16(18)10-8-14-23-21/h6-14H,3-5,15H2,1-2H3,(H,24,25). The number of anilines is 1. The summed E-state index contributed by atoms with van der Waals surface area (Å²) in [7, 11) is 0. The average molecular weight is 364 g/mol. The van der Waals surface area contributed by atoms with Gasteiger partial charge in [0.05, 0.1) is 24.5 Å². The summed E-state index contributed by atoms with van der Waals surface area (Å²) in [6.07, 6.45) is 3.71. The van der Waals surface area contributed by atoms with Gasteiger partial charge in [0.1, 0.15) is 17.0 Å². The smallest absolute Gasteiger partial charge is 0.259 e. The zero-order valence-electron chi connectivity index (χ0n) is 15.7. The maximum absolute atomic E-state index is 12.9. The molecule has 0 saturated carbocycles. The number of fused-ring (bicyclic) bond motifs is 1. The van der Waals surface area contributed by atoms with E-state index < -0.39 is 0 Å².